The Labute approximate surface area is 150 Å². The number of hydrogen-bond donors (Lipinski definition) is 1. The first-order valence-electron chi connectivity index (χ1n) is 9.63. The first kappa shape index (κ1) is 16.6. The van der Waals surface area contributed by atoms with Crippen molar-refractivity contribution < 1.29 is 9.63 Å². The lowest BCUT2D eigenvalue weighted by atomic mass is 9.48. The van der Waals surface area contributed by atoms with E-state index in [1.54, 1.807) is 6.21 Å². The van der Waals surface area contributed by atoms with E-state index in [0.717, 1.165) is 23.3 Å². The van der Waals surface area contributed by atoms with E-state index < -0.39 is 0 Å². The largest absolute Gasteiger partial charge is 0.386 e. The maximum atomic E-state index is 12.2. The summed E-state index contributed by atoms with van der Waals surface area (Å²) in [6.45, 7) is 2.18. The van der Waals surface area contributed by atoms with Crippen molar-refractivity contribution in [2.24, 2.45) is 28.3 Å². The van der Waals surface area contributed by atoms with Crippen LogP contribution in [-0.2, 0) is 9.63 Å². The van der Waals surface area contributed by atoms with E-state index >= 15 is 0 Å². The average Bonchev–Trinajstić information content (AvgIpc) is 2.58. The molecule has 4 heteroatoms. The summed E-state index contributed by atoms with van der Waals surface area (Å²) < 4.78 is 0. The van der Waals surface area contributed by atoms with Gasteiger partial charge in [-0.05, 0) is 74.2 Å². The predicted molar refractivity (Wildman–Crippen MR) is 98.2 cm³/mol. The smallest absolute Gasteiger partial charge is 0.261 e. The molecule has 5 rings (SSSR count). The van der Waals surface area contributed by atoms with Crippen LogP contribution in [-0.4, -0.2) is 24.8 Å². The zero-order valence-corrected chi connectivity index (χ0v) is 15.0. The summed E-state index contributed by atoms with van der Waals surface area (Å²) in [4.78, 5) is 17.4. The number of benzene rings is 1. The second-order valence-electron chi connectivity index (χ2n) is 8.49. The van der Waals surface area contributed by atoms with Gasteiger partial charge < -0.3 is 10.2 Å². The van der Waals surface area contributed by atoms with Crippen LogP contribution in [0.3, 0.4) is 0 Å². The van der Waals surface area contributed by atoms with Gasteiger partial charge in [-0.3, -0.25) is 4.79 Å². The Bertz CT molecular complexity index is 605. The van der Waals surface area contributed by atoms with Crippen LogP contribution in [0.15, 0.2) is 35.5 Å². The normalized spacial score (nSPS) is 34.2. The molecule has 1 N–H and O–H groups in total. The fourth-order valence-corrected chi connectivity index (χ4v) is 5.88. The number of hydrogen-bond acceptors (Lipinski definition) is 3. The van der Waals surface area contributed by atoms with Gasteiger partial charge in [-0.2, -0.15) is 0 Å². The van der Waals surface area contributed by atoms with Gasteiger partial charge in [0.25, 0.3) is 5.91 Å². The zero-order valence-electron chi connectivity index (χ0n) is 15.0. The van der Waals surface area contributed by atoms with Gasteiger partial charge in [0, 0.05) is 6.04 Å². The third kappa shape index (κ3) is 3.58. The number of carbonyl (C=O) groups is 1. The van der Waals surface area contributed by atoms with Crippen molar-refractivity contribution in [1.29, 1.82) is 0 Å². The fraction of sp³-hybridized carbons (Fsp3) is 0.619. The molecule has 4 bridgehead atoms. The number of nitrogens with one attached hydrogen (secondary N) is 1. The van der Waals surface area contributed by atoms with Crippen LogP contribution in [0.5, 0.6) is 0 Å². The highest BCUT2D eigenvalue weighted by atomic mass is 16.6. The maximum absolute atomic E-state index is 12.2. The summed E-state index contributed by atoms with van der Waals surface area (Å²) in [5.74, 6) is 2.64. The van der Waals surface area contributed by atoms with Gasteiger partial charge in [-0.1, -0.05) is 35.5 Å². The summed E-state index contributed by atoms with van der Waals surface area (Å²) in [5, 5.41) is 7.09. The molecular weight excluding hydrogens is 312 g/mol. The highest BCUT2D eigenvalue weighted by Gasteiger charge is 2.53. The number of rotatable bonds is 6. The van der Waals surface area contributed by atoms with Crippen LogP contribution in [0.2, 0.25) is 0 Å². The molecule has 1 atom stereocenters. The minimum absolute atomic E-state index is 0.0138. The second-order valence-corrected chi connectivity index (χ2v) is 8.49. The quantitative estimate of drug-likeness (QED) is 0.633. The lowest BCUT2D eigenvalue weighted by Crippen LogP contribution is -2.56. The summed E-state index contributed by atoms with van der Waals surface area (Å²) in [7, 11) is 0. The number of amides is 1. The standard InChI is InChI=1S/C21H28N2O2/c1-15(21-10-17-7-18(11-21)9-19(8-17)12-21)23-20(24)14-25-22-13-16-5-3-2-4-6-16/h2-6,13,15,17-19H,7-12,14H2,1H3,(H,23,24)/b22-13-/t15-,17?,18?,19?,21?/m0/s1. The van der Waals surface area contributed by atoms with E-state index in [9.17, 15) is 4.79 Å². The second kappa shape index (κ2) is 6.81. The highest BCUT2D eigenvalue weighted by molar-refractivity contribution is 5.79. The molecule has 134 valence electrons. The molecule has 25 heavy (non-hydrogen) atoms. The summed E-state index contributed by atoms with van der Waals surface area (Å²) >= 11 is 0. The molecule has 0 heterocycles. The summed E-state index contributed by atoms with van der Waals surface area (Å²) in [6.07, 6.45) is 9.82. The van der Waals surface area contributed by atoms with Gasteiger partial charge in [0.15, 0.2) is 6.61 Å². The Hall–Kier alpha value is -1.84. The Morgan fingerprint density at radius 2 is 1.80 bits per heavy atom. The van der Waals surface area contributed by atoms with Crippen LogP contribution in [0.1, 0.15) is 51.0 Å². The molecule has 1 amide bonds. The lowest BCUT2D eigenvalue weighted by Gasteiger charge is -2.59. The minimum atomic E-state index is -0.0616. The van der Waals surface area contributed by atoms with Gasteiger partial charge in [-0.25, -0.2) is 0 Å². The first-order valence-corrected chi connectivity index (χ1v) is 9.63. The molecule has 0 spiro atoms. The third-order valence-corrected chi connectivity index (χ3v) is 6.65. The molecule has 0 saturated heterocycles. The molecule has 4 saturated carbocycles. The first-order chi connectivity index (χ1) is 12.1. The Morgan fingerprint density at radius 1 is 1.20 bits per heavy atom. The topological polar surface area (TPSA) is 50.7 Å². The van der Waals surface area contributed by atoms with E-state index in [1.807, 2.05) is 30.3 Å². The number of carbonyl (C=O) groups excluding carboxylic acids is 1. The molecule has 4 fully saturated rings. The molecule has 4 aliphatic carbocycles. The summed E-state index contributed by atoms with van der Waals surface area (Å²) in [5.41, 5.74) is 1.29. The average molecular weight is 340 g/mol. The van der Waals surface area contributed by atoms with Crippen LogP contribution in [0.4, 0.5) is 0 Å². The van der Waals surface area contributed by atoms with Crippen molar-refractivity contribution in [2.75, 3.05) is 6.61 Å². The highest BCUT2D eigenvalue weighted by Crippen LogP contribution is 2.61. The molecule has 0 aromatic heterocycles. The van der Waals surface area contributed by atoms with E-state index in [4.69, 9.17) is 4.84 Å². The van der Waals surface area contributed by atoms with E-state index in [-0.39, 0.29) is 18.6 Å². The monoisotopic (exact) mass is 340 g/mol. The SMILES string of the molecule is C[C@H](NC(=O)CO/N=C\c1ccccc1)C12CC3CC(CC(C3)C1)C2. The van der Waals surface area contributed by atoms with Crippen molar-refractivity contribution in [3.8, 4) is 0 Å². The molecule has 0 unspecified atom stereocenters. The molecule has 0 aliphatic heterocycles. The molecule has 4 nitrogen and oxygen atoms in total. The van der Waals surface area contributed by atoms with Crippen LogP contribution in [0, 0.1) is 23.2 Å². The van der Waals surface area contributed by atoms with E-state index in [2.05, 4.69) is 17.4 Å². The van der Waals surface area contributed by atoms with Gasteiger partial charge in [-0.15, -0.1) is 0 Å². The van der Waals surface area contributed by atoms with Gasteiger partial charge >= 0.3 is 0 Å². The lowest BCUT2D eigenvalue weighted by molar-refractivity contribution is -0.130. The van der Waals surface area contributed by atoms with E-state index in [1.165, 1.54) is 38.5 Å². The Morgan fingerprint density at radius 3 is 2.40 bits per heavy atom. The van der Waals surface area contributed by atoms with Crippen LogP contribution < -0.4 is 5.32 Å². The molecular formula is C21H28N2O2. The van der Waals surface area contributed by atoms with Gasteiger partial charge in [0.2, 0.25) is 0 Å². The number of oxime groups is 1. The van der Waals surface area contributed by atoms with E-state index in [0.29, 0.717) is 5.41 Å². The number of nitrogens with zero attached hydrogens (tertiary/aromatic N) is 1. The van der Waals surface area contributed by atoms with Crippen molar-refractivity contribution in [2.45, 2.75) is 51.5 Å². The van der Waals surface area contributed by atoms with Gasteiger partial charge in [0.05, 0.1) is 6.21 Å². The fourth-order valence-electron chi connectivity index (χ4n) is 5.88. The molecule has 0 radical (unpaired) electrons. The maximum Gasteiger partial charge on any atom is 0.261 e. The van der Waals surface area contributed by atoms with Crippen LogP contribution in [0.25, 0.3) is 0 Å². The third-order valence-electron chi connectivity index (χ3n) is 6.65. The zero-order chi connectivity index (χ0) is 17.3. The van der Waals surface area contributed by atoms with Crippen molar-refractivity contribution >= 4 is 12.1 Å². The summed E-state index contributed by atoms with van der Waals surface area (Å²) in [6, 6.07) is 9.97. The van der Waals surface area contributed by atoms with Crippen LogP contribution >= 0.6 is 0 Å². The predicted octanol–water partition coefficient (Wildman–Crippen LogP) is 3.76. The van der Waals surface area contributed by atoms with Crippen molar-refractivity contribution in [3.63, 3.8) is 0 Å². The van der Waals surface area contributed by atoms with Gasteiger partial charge in [0.1, 0.15) is 0 Å². The molecule has 1 aromatic carbocycles. The van der Waals surface area contributed by atoms with Crippen molar-refractivity contribution in [3.05, 3.63) is 35.9 Å². The van der Waals surface area contributed by atoms with Crippen molar-refractivity contribution in [1.82, 2.24) is 5.32 Å². The minimum Gasteiger partial charge on any atom is -0.386 e. The Balaban J connectivity index is 1.27. The molecule has 4 aliphatic rings. The Kier molecular flexibility index (Phi) is 4.53. The molecule has 1 aromatic rings.